The lowest BCUT2D eigenvalue weighted by Gasteiger charge is -2.43. The molecule has 0 aliphatic carbocycles. The summed E-state index contributed by atoms with van der Waals surface area (Å²) in [5.74, 6) is -0.612. The first-order valence-electron chi connectivity index (χ1n) is 8.79. The fraction of sp³-hybridized carbons (Fsp3) is 0.368. The summed E-state index contributed by atoms with van der Waals surface area (Å²) in [5, 5.41) is 13.1. The van der Waals surface area contributed by atoms with Crippen molar-refractivity contribution < 1.29 is 14.7 Å². The Labute approximate surface area is 171 Å². The van der Waals surface area contributed by atoms with Gasteiger partial charge in [-0.15, -0.1) is 11.8 Å². The molecule has 0 bridgehead atoms. The number of nitrogens with zero attached hydrogens (tertiary/aromatic N) is 3. The summed E-state index contributed by atoms with van der Waals surface area (Å²) >= 11 is 2.94. The molecule has 0 radical (unpaired) electrons. The van der Waals surface area contributed by atoms with Gasteiger partial charge in [0.15, 0.2) is 5.16 Å². The van der Waals surface area contributed by atoms with Gasteiger partial charge >= 0.3 is 5.97 Å². The van der Waals surface area contributed by atoms with Gasteiger partial charge in [-0.2, -0.15) is 0 Å². The van der Waals surface area contributed by atoms with Gasteiger partial charge < -0.3 is 15.3 Å². The fourth-order valence-electron chi connectivity index (χ4n) is 3.65. The Kier molecular flexibility index (Phi) is 4.75. The third-order valence-electron chi connectivity index (χ3n) is 4.94. The Balaban J connectivity index is 1.61. The van der Waals surface area contributed by atoms with Crippen molar-refractivity contribution in [2.24, 2.45) is 0 Å². The van der Waals surface area contributed by atoms with Crippen LogP contribution in [0.2, 0.25) is 0 Å². The number of carboxylic acid groups (broad SMARTS) is 1. The van der Waals surface area contributed by atoms with Crippen LogP contribution in [0.25, 0.3) is 11.3 Å². The Morgan fingerprint density at radius 2 is 2.00 bits per heavy atom. The molecule has 9 heteroatoms. The normalized spacial score (nSPS) is 25.2. The maximum absolute atomic E-state index is 12.7. The minimum absolute atomic E-state index is 0.207. The van der Waals surface area contributed by atoms with Crippen molar-refractivity contribution in [2.75, 3.05) is 11.6 Å². The highest BCUT2D eigenvalue weighted by Gasteiger charge is 2.63. The average Bonchev–Trinajstić information content (AvgIpc) is 2.94. The van der Waals surface area contributed by atoms with E-state index < -0.39 is 22.8 Å². The smallest absolute Gasteiger partial charge is 0.327 e. The minimum atomic E-state index is -0.968. The molecule has 7 nitrogen and oxygen atoms in total. The van der Waals surface area contributed by atoms with Crippen LogP contribution in [-0.2, 0) is 9.59 Å². The van der Waals surface area contributed by atoms with Crippen LogP contribution in [0.4, 0.5) is 5.82 Å². The number of aliphatic carboxylic acids is 1. The second-order valence-electron chi connectivity index (χ2n) is 7.21. The predicted octanol–water partition coefficient (Wildman–Crippen LogP) is 2.79. The molecule has 0 saturated carbocycles. The van der Waals surface area contributed by atoms with Crippen LogP contribution in [0.15, 0.2) is 41.6 Å². The molecule has 28 heavy (non-hydrogen) atoms. The lowest BCUT2D eigenvalue weighted by molar-refractivity contribution is -0.158. The summed E-state index contributed by atoms with van der Waals surface area (Å²) in [6.45, 7) is 3.73. The van der Waals surface area contributed by atoms with Crippen molar-refractivity contribution in [1.29, 1.82) is 0 Å². The van der Waals surface area contributed by atoms with E-state index in [1.54, 1.807) is 0 Å². The summed E-state index contributed by atoms with van der Waals surface area (Å²) in [7, 11) is 0. The first kappa shape index (κ1) is 19.1. The van der Waals surface area contributed by atoms with Gasteiger partial charge in [0, 0.05) is 16.4 Å². The topological polar surface area (TPSA) is 95.4 Å². The monoisotopic (exact) mass is 416 g/mol. The summed E-state index contributed by atoms with van der Waals surface area (Å²) in [5.41, 5.74) is 1.74. The van der Waals surface area contributed by atoms with E-state index in [4.69, 9.17) is 0 Å². The summed E-state index contributed by atoms with van der Waals surface area (Å²) in [6, 6.07) is 10.3. The quantitative estimate of drug-likeness (QED) is 0.436. The second-order valence-corrected chi connectivity index (χ2v) is 9.76. The molecule has 2 aromatic rings. The van der Waals surface area contributed by atoms with E-state index in [1.165, 1.54) is 28.4 Å². The zero-order valence-electron chi connectivity index (χ0n) is 15.6. The zero-order chi connectivity index (χ0) is 20.1. The number of anilines is 1. The number of carbonyl (C=O) groups is 2. The number of fused-ring (bicyclic) bond motifs is 1. The van der Waals surface area contributed by atoms with Crippen LogP contribution in [0.1, 0.15) is 13.8 Å². The molecule has 2 aliphatic heterocycles. The van der Waals surface area contributed by atoms with E-state index in [2.05, 4.69) is 15.3 Å². The largest absolute Gasteiger partial charge is 0.480 e. The van der Waals surface area contributed by atoms with Gasteiger partial charge in [0.2, 0.25) is 5.91 Å². The van der Waals surface area contributed by atoms with Crippen molar-refractivity contribution in [2.45, 2.75) is 41.2 Å². The number of aromatic nitrogens is 2. The van der Waals surface area contributed by atoms with E-state index in [1.807, 2.05) is 56.5 Å². The Hall–Kier alpha value is -2.26. The highest BCUT2D eigenvalue weighted by atomic mass is 32.2. The number of amides is 1. The maximum Gasteiger partial charge on any atom is 0.327 e. The Morgan fingerprint density at radius 3 is 2.64 bits per heavy atom. The molecule has 1 amide bonds. The van der Waals surface area contributed by atoms with E-state index in [-0.39, 0.29) is 11.3 Å². The third-order valence-corrected chi connectivity index (χ3v) is 7.06. The van der Waals surface area contributed by atoms with Crippen molar-refractivity contribution in [1.82, 2.24) is 14.9 Å². The number of rotatable bonds is 5. The molecule has 1 aromatic heterocycles. The van der Waals surface area contributed by atoms with Crippen LogP contribution in [-0.4, -0.2) is 60.3 Å². The first-order chi connectivity index (χ1) is 13.3. The van der Waals surface area contributed by atoms with E-state index in [9.17, 15) is 14.7 Å². The van der Waals surface area contributed by atoms with Crippen LogP contribution >= 0.6 is 23.5 Å². The van der Waals surface area contributed by atoms with Crippen molar-refractivity contribution >= 4 is 41.2 Å². The fourth-order valence-corrected chi connectivity index (χ4v) is 5.66. The van der Waals surface area contributed by atoms with E-state index >= 15 is 0 Å². The number of thioether (sulfide) groups is 2. The molecule has 0 spiro atoms. The molecule has 2 aliphatic rings. The summed E-state index contributed by atoms with van der Waals surface area (Å²) < 4.78 is -0.548. The van der Waals surface area contributed by atoms with Gasteiger partial charge in [-0.1, -0.05) is 42.1 Å². The second kappa shape index (κ2) is 6.97. The number of nitrogens with one attached hydrogen (secondary N) is 1. The lowest BCUT2D eigenvalue weighted by Crippen LogP contribution is -2.68. The third kappa shape index (κ3) is 3.12. The van der Waals surface area contributed by atoms with Crippen LogP contribution < -0.4 is 5.32 Å². The van der Waals surface area contributed by atoms with Gasteiger partial charge in [-0.25, -0.2) is 14.8 Å². The number of β-lactam (4-membered cyclic amide) rings is 1. The molecule has 2 N–H and O–H groups in total. The number of hydrogen-bond donors (Lipinski definition) is 2. The molecule has 1 aromatic carbocycles. The van der Waals surface area contributed by atoms with E-state index in [0.717, 1.165) is 11.3 Å². The highest BCUT2D eigenvalue weighted by Crippen LogP contribution is 2.51. The van der Waals surface area contributed by atoms with Crippen LogP contribution in [0, 0.1) is 0 Å². The lowest BCUT2D eigenvalue weighted by atomic mass is 9.96. The molecule has 146 valence electrons. The molecule has 3 heterocycles. The van der Waals surface area contributed by atoms with Gasteiger partial charge in [0.1, 0.15) is 23.3 Å². The molecule has 2 fully saturated rings. The van der Waals surface area contributed by atoms with Gasteiger partial charge in [-0.05, 0) is 20.1 Å². The van der Waals surface area contributed by atoms with Gasteiger partial charge in [-0.3, -0.25) is 4.79 Å². The molecule has 2 saturated heterocycles. The maximum atomic E-state index is 12.7. The molecule has 4 rings (SSSR count). The van der Waals surface area contributed by atoms with Gasteiger partial charge in [0.25, 0.3) is 0 Å². The average molecular weight is 417 g/mol. The number of benzene rings is 1. The van der Waals surface area contributed by atoms with Crippen molar-refractivity contribution in [3.8, 4) is 11.3 Å². The van der Waals surface area contributed by atoms with Gasteiger partial charge in [0.05, 0.1) is 5.69 Å². The molecular weight excluding hydrogens is 396 g/mol. The zero-order valence-corrected chi connectivity index (χ0v) is 17.3. The predicted molar refractivity (Wildman–Crippen MR) is 110 cm³/mol. The highest BCUT2D eigenvalue weighted by molar-refractivity contribution is 8.01. The van der Waals surface area contributed by atoms with Crippen LogP contribution in [0.5, 0.6) is 0 Å². The van der Waals surface area contributed by atoms with Crippen molar-refractivity contribution in [3.63, 3.8) is 0 Å². The summed E-state index contributed by atoms with van der Waals surface area (Å²) in [6.07, 6.45) is 1.90. The number of carboxylic acids is 1. The van der Waals surface area contributed by atoms with Crippen molar-refractivity contribution in [3.05, 3.63) is 36.4 Å². The number of hydrogen-bond acceptors (Lipinski definition) is 7. The van der Waals surface area contributed by atoms with E-state index in [0.29, 0.717) is 11.0 Å². The first-order valence-corrected chi connectivity index (χ1v) is 10.9. The minimum Gasteiger partial charge on any atom is -0.480 e. The number of carbonyl (C=O) groups excluding carboxylic acids is 1. The Morgan fingerprint density at radius 1 is 1.29 bits per heavy atom. The SMILES string of the molecule is CSc1nc(N[C@@H]2C(=O)N3[C@@H](C(=O)O)C(C)(C)S[C@@H]23)cc(-c2ccccc2)n1. The molecule has 3 atom stereocenters. The molecular formula is C19H20N4O3S2. The summed E-state index contributed by atoms with van der Waals surface area (Å²) in [4.78, 5) is 34.9. The molecule has 0 unspecified atom stereocenters. The standard InChI is InChI=1S/C19H20N4O3S2/c1-19(2)14(17(25)26)23-15(24)13(16(23)28-19)21-12-9-11(20-18(22-12)27-3)10-7-5-4-6-8-10/h4-9,13-14,16H,1-3H3,(H,25,26)(H,20,21,22)/t13-,14+,16+/m1/s1. The van der Waals surface area contributed by atoms with Crippen LogP contribution in [0.3, 0.4) is 0 Å². The Bertz CT molecular complexity index is 938.